The van der Waals surface area contributed by atoms with E-state index in [1.165, 1.54) is 60.7 Å². The van der Waals surface area contributed by atoms with Gasteiger partial charge in [0.2, 0.25) is 17.4 Å². The minimum Gasteiger partial charge on any atom is -0.422 e. The molecule has 5 aromatic carbocycles. The van der Waals surface area contributed by atoms with E-state index in [2.05, 4.69) is 36.7 Å². The smallest absolute Gasteiger partial charge is 0.347 e. The second-order valence-corrected chi connectivity index (χ2v) is 20.1. The highest BCUT2D eigenvalue weighted by Crippen LogP contribution is 2.41. The van der Waals surface area contributed by atoms with Crippen molar-refractivity contribution in [1.29, 1.82) is 0 Å². The number of ketones is 1. The Morgan fingerprint density at radius 1 is 0.448 bits per heavy atom. The third kappa shape index (κ3) is 9.62. The van der Waals surface area contributed by atoms with E-state index in [-0.39, 0.29) is 66.8 Å². The lowest BCUT2D eigenvalue weighted by atomic mass is 10.0. The number of anilines is 2. The number of halogens is 10. The third-order valence-electron chi connectivity index (χ3n) is 15.3. The van der Waals surface area contributed by atoms with E-state index in [1.807, 2.05) is 38.7 Å². The number of nitrogens with zero attached hydrogens (tertiary/aromatic N) is 3. The molecule has 1 aliphatic heterocycles. The lowest BCUT2D eigenvalue weighted by Gasteiger charge is -2.23. The van der Waals surface area contributed by atoms with Crippen molar-refractivity contribution in [2.75, 3.05) is 36.0 Å². The second-order valence-electron chi connectivity index (χ2n) is 20.1. The maximum Gasteiger partial charge on any atom is 0.347 e. The molecule has 11 aromatic rings. The van der Waals surface area contributed by atoms with Crippen LogP contribution in [0.25, 0.3) is 101 Å². The summed E-state index contributed by atoms with van der Waals surface area (Å²) in [6.45, 7) is 10.2. The molecule has 0 atom stereocenters. The number of hydrogen-bond acceptors (Lipinski definition) is 8. The molecule has 1 aliphatic rings. The van der Waals surface area contributed by atoms with Gasteiger partial charge < -0.3 is 33.6 Å². The lowest BCUT2D eigenvalue weighted by molar-refractivity contribution is 0.103. The quantitative estimate of drug-likeness (QED) is 0.0290. The zero-order valence-corrected chi connectivity index (χ0v) is 46.0. The Morgan fingerprint density at radius 2 is 0.885 bits per heavy atom. The molecule has 21 heteroatoms. The summed E-state index contributed by atoms with van der Waals surface area (Å²) in [5.74, 6) is -17.0. The van der Waals surface area contributed by atoms with Crippen molar-refractivity contribution in [3.63, 3.8) is 0 Å². The van der Waals surface area contributed by atoms with Gasteiger partial charge in [-0.1, -0.05) is 24.0 Å². The van der Waals surface area contributed by atoms with Gasteiger partial charge in [-0.25, -0.2) is 58.5 Å². The van der Waals surface area contributed by atoms with Crippen molar-refractivity contribution in [3.05, 3.63) is 216 Å². The summed E-state index contributed by atoms with van der Waals surface area (Å²) in [7, 11) is 0. The highest BCUT2D eigenvalue weighted by Gasteiger charge is 2.32. The normalized spacial score (nSPS) is 11.7. The molecule has 3 N–H and O–H groups in total. The molecule has 8 bridgehead atoms. The zero-order chi connectivity index (χ0) is 61.4. The number of nitrogens with one attached hydrogen (secondary N) is 3. The number of carbonyl (C=O) groups is 1. The summed E-state index contributed by atoms with van der Waals surface area (Å²) in [6.07, 6.45) is 2.64. The fraction of sp³-hybridized carbons (Fsp3) is 0.121. The average Bonchev–Trinajstić information content (AvgIpc) is 1.93. The van der Waals surface area contributed by atoms with Crippen LogP contribution in [0, 0.1) is 70.0 Å². The van der Waals surface area contributed by atoms with Crippen LogP contribution < -0.4 is 21.1 Å². The molecule has 12 rings (SSSR count). The third-order valence-corrected chi connectivity index (χ3v) is 15.3. The predicted molar refractivity (Wildman–Crippen MR) is 313 cm³/mol. The van der Waals surface area contributed by atoms with Gasteiger partial charge in [-0.15, -0.1) is 0 Å². The first-order chi connectivity index (χ1) is 41.8. The molecule has 436 valence electrons. The molecule has 0 unspecified atom stereocenters. The van der Waals surface area contributed by atoms with Crippen LogP contribution in [0.2, 0.25) is 0 Å². The first-order valence-corrected chi connectivity index (χ1v) is 27.1. The van der Waals surface area contributed by atoms with Gasteiger partial charge in [0.15, 0.2) is 46.5 Å². The van der Waals surface area contributed by atoms with Gasteiger partial charge in [-0.3, -0.25) is 4.79 Å². The summed E-state index contributed by atoms with van der Waals surface area (Å²) in [5, 5.41) is 0.753. The van der Waals surface area contributed by atoms with Crippen molar-refractivity contribution < 1.29 is 57.5 Å². The first kappa shape index (κ1) is 56.8. The fourth-order valence-electron chi connectivity index (χ4n) is 10.9. The zero-order valence-electron chi connectivity index (χ0n) is 46.0. The van der Waals surface area contributed by atoms with Crippen LogP contribution in [0.3, 0.4) is 0 Å². The van der Waals surface area contributed by atoms with Crippen molar-refractivity contribution >= 4 is 84.3 Å². The van der Waals surface area contributed by atoms with E-state index in [0.717, 1.165) is 5.69 Å². The molecule has 0 spiro atoms. The fourth-order valence-corrected chi connectivity index (χ4v) is 10.9. The Labute approximate surface area is 484 Å². The summed E-state index contributed by atoms with van der Waals surface area (Å²) >= 11 is 0. The van der Waals surface area contributed by atoms with Gasteiger partial charge in [0.05, 0.1) is 39.2 Å². The molecule has 0 fully saturated rings. The van der Waals surface area contributed by atoms with Gasteiger partial charge >= 0.3 is 11.3 Å². The summed E-state index contributed by atoms with van der Waals surface area (Å²) in [5.41, 5.74) is -4.04. The lowest BCUT2D eigenvalue weighted by Crippen LogP contribution is -2.23. The van der Waals surface area contributed by atoms with Crippen LogP contribution in [-0.2, 0) is 0 Å². The van der Waals surface area contributed by atoms with Crippen molar-refractivity contribution in [2.45, 2.75) is 27.7 Å². The number of aromatic nitrogens is 4. The largest absolute Gasteiger partial charge is 0.422 e. The number of hydrogen-bond donors (Lipinski definition) is 3. The number of H-pyrrole nitrogens is 3. The van der Waals surface area contributed by atoms with Crippen LogP contribution in [-0.4, -0.2) is 51.9 Å². The minimum absolute atomic E-state index is 0.00455. The standard InChI is InChI=1S/C66H42F10N6O5/c1-5-81(6-2)35-16-15-33-26-36(65(84)86-47(33)28-35)64(83)37-27-34-25-32(46(82(7-3)8-4)29-48(34)87-66(37)85)14-11-30-9-12-31(13-10-30)49-40-21-23-44(79-40)50(52-54(67)58(71)62(75)59(72)55(52)68)42-19-17-38(77-42)39-18-20-43(78-39)51(45-24-22-41(49)80-45)53-56(69)60(73)63(76)61(74)57(53)70/h9-10,12-13,15-29,77-79H,5-8H2,1-4H3. The molecular formula is C66H42F10N6O5. The molecule has 0 aliphatic carbocycles. The van der Waals surface area contributed by atoms with Crippen LogP contribution in [0.1, 0.15) is 66.1 Å². The Morgan fingerprint density at radius 3 is 1.41 bits per heavy atom. The Bertz CT molecular complexity index is 5040. The number of fused-ring (bicyclic) bond motifs is 11. The van der Waals surface area contributed by atoms with Crippen LogP contribution in [0.5, 0.6) is 0 Å². The highest BCUT2D eigenvalue weighted by molar-refractivity contribution is 6.11. The van der Waals surface area contributed by atoms with Crippen LogP contribution in [0.4, 0.5) is 55.3 Å². The van der Waals surface area contributed by atoms with Gasteiger partial charge in [-0.05, 0) is 124 Å². The predicted octanol–water partition coefficient (Wildman–Crippen LogP) is 15.6. The summed E-state index contributed by atoms with van der Waals surface area (Å²) in [6, 6.07) is 25.5. The van der Waals surface area contributed by atoms with Crippen molar-refractivity contribution in [3.8, 4) is 45.2 Å². The molecule has 87 heavy (non-hydrogen) atoms. The SMILES string of the molecule is CCN(CC)c1ccc2cc(C(=O)c3cc4cc(C#Cc5ccc(-c6c7nc(c(-c8c(F)c(F)c(F)c(F)c8F)c8ccc([nH]8)c8ccc([nH]8)c(-c8c(F)c(F)c(F)c(F)c8F)c8ccc6[nH]8)C=C7)cc5)c(N(CC)CC)cc4oc3=O)c(=O)oc2c1. The van der Waals surface area contributed by atoms with E-state index in [4.69, 9.17) is 8.83 Å². The molecule has 0 radical (unpaired) electrons. The average molecular weight is 1190 g/mol. The number of benzene rings is 5. The highest BCUT2D eigenvalue weighted by atomic mass is 19.2. The maximum absolute atomic E-state index is 16.0. The van der Waals surface area contributed by atoms with E-state index < -0.39 is 103 Å². The summed E-state index contributed by atoms with van der Waals surface area (Å²) in [4.78, 5) is 58.5. The molecule has 11 nitrogen and oxygen atoms in total. The van der Waals surface area contributed by atoms with E-state index in [1.54, 1.807) is 48.5 Å². The molecule has 0 saturated heterocycles. The summed E-state index contributed by atoms with van der Waals surface area (Å²) < 4.78 is 165. The van der Waals surface area contributed by atoms with Crippen LogP contribution >= 0.6 is 0 Å². The Kier molecular flexibility index (Phi) is 14.4. The van der Waals surface area contributed by atoms with Gasteiger partial charge in [0.1, 0.15) is 22.3 Å². The van der Waals surface area contributed by atoms with E-state index in [0.29, 0.717) is 59.3 Å². The molecule has 0 saturated carbocycles. The van der Waals surface area contributed by atoms with Crippen molar-refractivity contribution in [2.24, 2.45) is 0 Å². The Hall–Kier alpha value is -10.6. The number of carbonyl (C=O) groups excluding carboxylic acids is 1. The van der Waals surface area contributed by atoms with Crippen LogP contribution in [0.15, 0.2) is 122 Å². The topological polar surface area (TPSA) is 144 Å². The van der Waals surface area contributed by atoms with Crippen molar-refractivity contribution in [1.82, 2.24) is 19.9 Å². The maximum atomic E-state index is 16.0. The van der Waals surface area contributed by atoms with E-state index >= 15 is 35.1 Å². The van der Waals surface area contributed by atoms with Gasteiger partial charge in [0.25, 0.3) is 0 Å². The second kappa shape index (κ2) is 22.1. The Balaban J connectivity index is 1.02. The molecule has 7 heterocycles. The van der Waals surface area contributed by atoms with Gasteiger partial charge in [-0.2, -0.15) is 0 Å². The number of rotatable bonds is 11. The first-order valence-electron chi connectivity index (χ1n) is 27.1. The molecular weight excluding hydrogens is 1150 g/mol. The van der Waals surface area contributed by atoms with Gasteiger partial charge in [0, 0.05) is 105 Å². The molecule has 0 amide bonds. The monoisotopic (exact) mass is 1190 g/mol. The minimum atomic E-state index is -2.40. The number of aromatic amines is 3. The molecule has 6 aromatic heterocycles. The van der Waals surface area contributed by atoms with E-state index in [9.17, 15) is 23.2 Å².